The molecule has 0 radical (unpaired) electrons. The molecule has 0 unspecified atom stereocenters. The van der Waals surface area contributed by atoms with Crippen molar-refractivity contribution in [1.82, 2.24) is 5.32 Å². The Balaban J connectivity index is 0.000000321. The zero-order chi connectivity index (χ0) is 21.2. The van der Waals surface area contributed by atoms with E-state index in [-0.39, 0.29) is 0 Å². The predicted octanol–water partition coefficient (Wildman–Crippen LogP) is 3.66. The van der Waals surface area contributed by atoms with Crippen molar-refractivity contribution >= 4 is 11.9 Å². The molecule has 0 amide bonds. The smallest absolute Gasteiger partial charge is 0.328 e. The lowest BCUT2D eigenvalue weighted by atomic mass is 10.0. The fourth-order valence-corrected chi connectivity index (χ4v) is 2.64. The highest BCUT2D eigenvalue weighted by molar-refractivity contribution is 5.89. The van der Waals surface area contributed by atoms with Gasteiger partial charge in [0.15, 0.2) is 11.5 Å². The van der Waals surface area contributed by atoms with Gasteiger partial charge in [0.25, 0.3) is 0 Å². The maximum Gasteiger partial charge on any atom is 0.328 e. The maximum atomic E-state index is 9.55. The van der Waals surface area contributed by atoms with Crippen molar-refractivity contribution in [2.75, 3.05) is 6.54 Å². The first-order chi connectivity index (χ1) is 13.9. The van der Waals surface area contributed by atoms with Crippen LogP contribution < -0.4 is 14.8 Å². The van der Waals surface area contributed by atoms with E-state index in [2.05, 4.69) is 25.2 Å². The van der Waals surface area contributed by atoms with Crippen LogP contribution in [-0.4, -0.2) is 34.7 Å². The molecule has 0 bridgehead atoms. The second kappa shape index (κ2) is 10.9. The Morgan fingerprint density at radius 3 is 2.31 bits per heavy atom. The molecular weight excluding hydrogens is 374 g/mol. The van der Waals surface area contributed by atoms with Crippen LogP contribution in [0.3, 0.4) is 0 Å². The minimum absolute atomic E-state index is 0.478. The molecule has 7 nitrogen and oxygen atoms in total. The number of fused-ring (bicyclic) bond motifs is 2. The average molecular weight is 399 g/mol. The quantitative estimate of drug-likeness (QED) is 0.627. The number of rotatable bonds is 6. The molecule has 1 aromatic carbocycles. The second-order valence-electron chi connectivity index (χ2n) is 6.58. The Labute approximate surface area is 169 Å². The molecule has 2 aliphatic rings. The van der Waals surface area contributed by atoms with E-state index in [0.29, 0.717) is 18.2 Å². The van der Waals surface area contributed by atoms with E-state index in [1.165, 1.54) is 0 Å². The minimum atomic E-state index is -1.26. The topological polar surface area (TPSA) is 105 Å². The summed E-state index contributed by atoms with van der Waals surface area (Å²) in [7, 11) is 0. The summed E-state index contributed by atoms with van der Waals surface area (Å²) in [6.45, 7) is 5.20. The highest BCUT2D eigenvalue weighted by atomic mass is 16.5. The van der Waals surface area contributed by atoms with Gasteiger partial charge in [0.05, 0.1) is 0 Å². The van der Waals surface area contributed by atoms with Gasteiger partial charge in [0, 0.05) is 36.7 Å². The van der Waals surface area contributed by atoms with Crippen molar-refractivity contribution in [3.63, 3.8) is 0 Å². The van der Waals surface area contributed by atoms with E-state index < -0.39 is 11.9 Å². The normalized spacial score (nSPS) is 14.7. The van der Waals surface area contributed by atoms with E-state index in [1.807, 2.05) is 36.4 Å². The maximum absolute atomic E-state index is 9.55. The van der Waals surface area contributed by atoms with E-state index in [0.717, 1.165) is 48.0 Å². The van der Waals surface area contributed by atoms with Crippen LogP contribution in [0.4, 0.5) is 0 Å². The van der Waals surface area contributed by atoms with Crippen molar-refractivity contribution < 1.29 is 29.3 Å². The van der Waals surface area contributed by atoms with Crippen molar-refractivity contribution in [2.24, 2.45) is 0 Å². The van der Waals surface area contributed by atoms with Crippen LogP contribution >= 0.6 is 0 Å². The molecule has 1 aromatic rings. The third-order valence-electron chi connectivity index (χ3n) is 3.92. The molecule has 0 spiro atoms. The molecule has 154 valence electrons. The molecule has 29 heavy (non-hydrogen) atoms. The fraction of sp³-hybridized carbons (Fsp3) is 0.273. The first kappa shape index (κ1) is 22.0. The number of carboxylic acid groups (broad SMARTS) is 2. The van der Waals surface area contributed by atoms with Gasteiger partial charge in [-0.25, -0.2) is 9.59 Å². The molecule has 7 heteroatoms. The predicted molar refractivity (Wildman–Crippen MR) is 109 cm³/mol. The molecule has 1 aliphatic carbocycles. The molecule has 1 heterocycles. The van der Waals surface area contributed by atoms with Crippen LogP contribution in [0.2, 0.25) is 0 Å². The van der Waals surface area contributed by atoms with E-state index >= 15 is 0 Å². The Hall–Kier alpha value is -3.32. The van der Waals surface area contributed by atoms with Crippen molar-refractivity contribution in [3.8, 4) is 11.5 Å². The highest BCUT2D eigenvalue weighted by Gasteiger charge is 2.22. The Bertz CT molecular complexity index is 848. The molecule has 3 rings (SSSR count). The van der Waals surface area contributed by atoms with E-state index in [9.17, 15) is 9.59 Å². The largest absolute Gasteiger partial charge is 0.478 e. The van der Waals surface area contributed by atoms with Crippen LogP contribution in [0, 0.1) is 0 Å². The summed E-state index contributed by atoms with van der Waals surface area (Å²) >= 11 is 0. The van der Waals surface area contributed by atoms with Gasteiger partial charge in [0.2, 0.25) is 0 Å². The number of carboxylic acids is 2. The van der Waals surface area contributed by atoms with Gasteiger partial charge in [0.1, 0.15) is 11.5 Å². The summed E-state index contributed by atoms with van der Waals surface area (Å²) in [5.41, 5.74) is 1.15. The number of allylic oxidation sites excluding steroid dienone is 4. The molecule has 0 atom stereocenters. The lowest BCUT2D eigenvalue weighted by Gasteiger charge is -2.15. The summed E-state index contributed by atoms with van der Waals surface area (Å²) < 4.78 is 12.2. The second-order valence-corrected chi connectivity index (χ2v) is 6.58. The first-order valence-corrected chi connectivity index (χ1v) is 9.28. The number of ether oxygens (including phenoxy) is 2. The zero-order valence-electron chi connectivity index (χ0n) is 16.4. The lowest BCUT2D eigenvalue weighted by Crippen LogP contribution is -2.24. The van der Waals surface area contributed by atoms with E-state index in [4.69, 9.17) is 19.7 Å². The van der Waals surface area contributed by atoms with Gasteiger partial charge in [-0.15, -0.1) is 0 Å². The van der Waals surface area contributed by atoms with Crippen molar-refractivity contribution in [2.45, 2.75) is 32.7 Å². The molecule has 1 aliphatic heterocycles. The SMILES string of the molecule is CC(C)NCCC1=C2CC=CC=C2Oc2ccccc2O1.O=C(O)C=CC(=O)O. The molecule has 0 saturated carbocycles. The number of para-hydroxylation sites is 2. The summed E-state index contributed by atoms with van der Waals surface area (Å²) in [5, 5.41) is 19.1. The summed E-state index contributed by atoms with van der Waals surface area (Å²) in [6.07, 6.45) is 9.02. The Morgan fingerprint density at radius 2 is 1.72 bits per heavy atom. The van der Waals surface area contributed by atoms with Gasteiger partial charge >= 0.3 is 11.9 Å². The number of benzene rings is 1. The summed E-state index contributed by atoms with van der Waals surface area (Å²) in [4.78, 5) is 19.1. The summed E-state index contributed by atoms with van der Waals surface area (Å²) in [5.74, 6) is 0.966. The minimum Gasteiger partial charge on any atom is -0.478 e. The first-order valence-electron chi connectivity index (χ1n) is 9.28. The zero-order valence-corrected chi connectivity index (χ0v) is 16.4. The number of hydrogen-bond donors (Lipinski definition) is 3. The number of hydrogen-bond acceptors (Lipinski definition) is 5. The summed E-state index contributed by atoms with van der Waals surface area (Å²) in [6, 6.07) is 8.31. The van der Waals surface area contributed by atoms with Gasteiger partial charge < -0.3 is 25.0 Å². The van der Waals surface area contributed by atoms with Gasteiger partial charge in [-0.3, -0.25) is 0 Å². The monoisotopic (exact) mass is 399 g/mol. The molecule has 0 saturated heterocycles. The number of carbonyl (C=O) groups is 2. The number of nitrogens with one attached hydrogen (secondary N) is 1. The molecular formula is C22H25NO6. The Kier molecular flexibility index (Phi) is 8.24. The third-order valence-corrected chi connectivity index (χ3v) is 3.92. The van der Waals surface area contributed by atoms with Crippen LogP contribution in [0.15, 0.2) is 71.7 Å². The third kappa shape index (κ3) is 7.31. The van der Waals surface area contributed by atoms with Crippen molar-refractivity contribution in [1.29, 1.82) is 0 Å². The molecule has 3 N–H and O–H groups in total. The fourth-order valence-electron chi connectivity index (χ4n) is 2.64. The van der Waals surface area contributed by atoms with Crippen LogP contribution in [0.1, 0.15) is 26.7 Å². The molecule has 0 aromatic heterocycles. The Morgan fingerprint density at radius 1 is 1.10 bits per heavy atom. The van der Waals surface area contributed by atoms with Crippen LogP contribution in [0.25, 0.3) is 0 Å². The van der Waals surface area contributed by atoms with E-state index in [1.54, 1.807) is 0 Å². The number of aliphatic carboxylic acids is 2. The molecule has 0 fully saturated rings. The standard InChI is InChI=1S/C18H21NO2.C4H4O4/c1-13(2)19-12-11-16-14-7-3-4-8-15(14)20-17-9-5-6-10-18(17)21-16;5-3(6)1-2-4(7)8/h3-6,8-10,13,19H,7,11-12H2,1-2H3;1-2H,(H,5,6)(H,7,8). The van der Waals surface area contributed by atoms with Crippen LogP contribution in [-0.2, 0) is 9.59 Å². The van der Waals surface area contributed by atoms with Crippen molar-refractivity contribution in [3.05, 3.63) is 71.7 Å². The van der Waals surface area contributed by atoms with Gasteiger partial charge in [-0.05, 0) is 24.6 Å². The average Bonchev–Trinajstić information content (AvgIpc) is 2.83. The lowest BCUT2D eigenvalue weighted by molar-refractivity contribution is -0.134. The van der Waals surface area contributed by atoms with Gasteiger partial charge in [-0.1, -0.05) is 38.1 Å². The highest BCUT2D eigenvalue weighted by Crippen LogP contribution is 2.38. The van der Waals surface area contributed by atoms with Gasteiger partial charge in [-0.2, -0.15) is 0 Å². The van der Waals surface area contributed by atoms with Crippen LogP contribution in [0.5, 0.6) is 11.5 Å².